The Morgan fingerprint density at radius 2 is 2.11 bits per heavy atom. The van der Waals surface area contributed by atoms with Crippen molar-refractivity contribution < 1.29 is 0 Å². The summed E-state index contributed by atoms with van der Waals surface area (Å²) in [4.78, 5) is 8.43. The molecule has 0 aromatic carbocycles. The molecule has 0 saturated heterocycles. The molecule has 110 valence electrons. The number of thioether (sulfide) groups is 1. The maximum absolute atomic E-state index is 4.73. The van der Waals surface area contributed by atoms with E-state index in [0.29, 0.717) is 12.1 Å². The first-order chi connectivity index (χ1) is 8.99. The molecule has 1 aromatic rings. The minimum Gasteiger partial charge on any atom is -0.347 e. The quantitative estimate of drug-likeness (QED) is 0.795. The van der Waals surface area contributed by atoms with Crippen LogP contribution in [0.3, 0.4) is 0 Å². The molecule has 1 unspecified atom stereocenters. The molecule has 1 N–H and O–H groups in total. The van der Waals surface area contributed by atoms with E-state index in [0.717, 1.165) is 23.8 Å². The number of nitrogens with zero attached hydrogens (tertiary/aromatic N) is 2. The second-order valence-electron chi connectivity index (χ2n) is 5.17. The number of thiazole rings is 1. The van der Waals surface area contributed by atoms with Gasteiger partial charge < -0.3 is 10.2 Å². The standard InChI is InChI=1S/C14H27N3S2/c1-7-12(9-18-6)17(5)14-16-11(4)13(19-14)8-15-10(2)3/h10,12,15H,7-9H2,1-6H3. The summed E-state index contributed by atoms with van der Waals surface area (Å²) in [6.07, 6.45) is 3.33. The molecule has 1 rings (SSSR count). The van der Waals surface area contributed by atoms with Crippen molar-refractivity contribution in [1.82, 2.24) is 10.3 Å². The van der Waals surface area contributed by atoms with Crippen molar-refractivity contribution in [3.8, 4) is 0 Å². The van der Waals surface area contributed by atoms with Gasteiger partial charge in [0, 0.05) is 36.3 Å². The Balaban J connectivity index is 2.75. The van der Waals surface area contributed by atoms with E-state index in [9.17, 15) is 0 Å². The fraction of sp³-hybridized carbons (Fsp3) is 0.786. The van der Waals surface area contributed by atoms with Crippen molar-refractivity contribution >= 4 is 28.2 Å². The molecule has 19 heavy (non-hydrogen) atoms. The van der Waals surface area contributed by atoms with E-state index in [1.54, 1.807) is 0 Å². The summed E-state index contributed by atoms with van der Waals surface area (Å²) in [5, 5.41) is 4.62. The van der Waals surface area contributed by atoms with Gasteiger partial charge in [-0.3, -0.25) is 0 Å². The Bertz CT molecular complexity index is 377. The first-order valence-electron chi connectivity index (χ1n) is 6.91. The van der Waals surface area contributed by atoms with Crippen LogP contribution in [-0.2, 0) is 6.54 Å². The fourth-order valence-corrected chi connectivity index (χ4v) is 3.77. The average molecular weight is 302 g/mol. The van der Waals surface area contributed by atoms with Crippen molar-refractivity contribution in [2.45, 2.75) is 52.7 Å². The number of aryl methyl sites for hydroxylation is 1. The van der Waals surface area contributed by atoms with E-state index in [-0.39, 0.29) is 0 Å². The highest BCUT2D eigenvalue weighted by Gasteiger charge is 2.17. The lowest BCUT2D eigenvalue weighted by Gasteiger charge is -2.26. The third kappa shape index (κ3) is 4.97. The molecule has 1 aromatic heterocycles. The maximum atomic E-state index is 4.73. The SMILES string of the molecule is CCC(CSC)N(C)c1nc(C)c(CNC(C)C)s1. The van der Waals surface area contributed by atoms with E-state index >= 15 is 0 Å². The van der Waals surface area contributed by atoms with Crippen LogP contribution in [0, 0.1) is 6.92 Å². The topological polar surface area (TPSA) is 28.2 Å². The Hall–Kier alpha value is -0.260. The Kier molecular flexibility index (Phi) is 7.18. The lowest BCUT2D eigenvalue weighted by atomic mass is 10.2. The summed E-state index contributed by atoms with van der Waals surface area (Å²) in [5.74, 6) is 1.16. The minimum atomic E-state index is 0.516. The number of aromatic nitrogens is 1. The van der Waals surface area contributed by atoms with Gasteiger partial charge in [0.1, 0.15) is 0 Å². The Morgan fingerprint density at radius 3 is 2.63 bits per heavy atom. The highest BCUT2D eigenvalue weighted by Crippen LogP contribution is 2.27. The van der Waals surface area contributed by atoms with Crippen LogP contribution in [0.1, 0.15) is 37.8 Å². The van der Waals surface area contributed by atoms with Crippen molar-refractivity contribution in [1.29, 1.82) is 0 Å². The molecule has 0 amide bonds. The molecule has 0 radical (unpaired) electrons. The van der Waals surface area contributed by atoms with E-state index in [2.05, 4.69) is 51.2 Å². The number of hydrogen-bond donors (Lipinski definition) is 1. The molecule has 0 saturated carbocycles. The van der Waals surface area contributed by atoms with Crippen LogP contribution in [0.15, 0.2) is 0 Å². The summed E-state index contributed by atoms with van der Waals surface area (Å²) >= 11 is 3.73. The van der Waals surface area contributed by atoms with Crippen LogP contribution in [0.2, 0.25) is 0 Å². The van der Waals surface area contributed by atoms with Gasteiger partial charge in [-0.2, -0.15) is 11.8 Å². The van der Waals surface area contributed by atoms with Gasteiger partial charge in [-0.05, 0) is 19.6 Å². The van der Waals surface area contributed by atoms with Crippen LogP contribution in [0.25, 0.3) is 0 Å². The lowest BCUT2D eigenvalue weighted by Crippen LogP contribution is -2.33. The zero-order valence-electron chi connectivity index (χ0n) is 13.0. The molecule has 1 atom stereocenters. The molecule has 0 aliphatic carbocycles. The Morgan fingerprint density at radius 1 is 1.42 bits per heavy atom. The van der Waals surface area contributed by atoms with Crippen molar-refractivity contribution in [3.05, 3.63) is 10.6 Å². The van der Waals surface area contributed by atoms with Gasteiger partial charge in [-0.25, -0.2) is 4.98 Å². The fourth-order valence-electron chi connectivity index (χ4n) is 1.88. The third-order valence-corrected chi connectivity index (χ3v) is 5.20. The Labute approximate surface area is 126 Å². The molecule has 1 heterocycles. The van der Waals surface area contributed by atoms with Crippen molar-refractivity contribution in [2.75, 3.05) is 24.0 Å². The van der Waals surface area contributed by atoms with Gasteiger partial charge in [0.05, 0.1) is 5.69 Å². The summed E-state index contributed by atoms with van der Waals surface area (Å²) in [7, 11) is 2.17. The van der Waals surface area contributed by atoms with E-state index in [4.69, 9.17) is 4.98 Å². The largest absolute Gasteiger partial charge is 0.347 e. The van der Waals surface area contributed by atoms with E-state index < -0.39 is 0 Å². The maximum Gasteiger partial charge on any atom is 0.185 e. The van der Waals surface area contributed by atoms with Crippen LogP contribution in [0.4, 0.5) is 5.13 Å². The number of anilines is 1. The highest BCUT2D eigenvalue weighted by atomic mass is 32.2. The molecule has 0 aliphatic rings. The van der Waals surface area contributed by atoms with Crippen molar-refractivity contribution in [3.63, 3.8) is 0 Å². The highest BCUT2D eigenvalue weighted by molar-refractivity contribution is 7.98. The van der Waals surface area contributed by atoms with Crippen LogP contribution in [-0.4, -0.2) is 36.1 Å². The first kappa shape index (κ1) is 16.8. The minimum absolute atomic E-state index is 0.516. The molecule has 5 heteroatoms. The number of nitrogens with one attached hydrogen (secondary N) is 1. The smallest absolute Gasteiger partial charge is 0.185 e. The molecule has 0 aliphatic heterocycles. The normalized spacial score (nSPS) is 13.0. The molecule has 0 fully saturated rings. The molecule has 0 spiro atoms. The van der Waals surface area contributed by atoms with Gasteiger partial charge in [-0.1, -0.05) is 20.8 Å². The monoisotopic (exact) mass is 301 g/mol. The van der Waals surface area contributed by atoms with Gasteiger partial charge in [0.15, 0.2) is 5.13 Å². The summed E-state index contributed by atoms with van der Waals surface area (Å²) < 4.78 is 0. The molecule has 0 bridgehead atoms. The predicted molar refractivity (Wildman–Crippen MR) is 89.7 cm³/mol. The number of hydrogen-bond acceptors (Lipinski definition) is 5. The summed E-state index contributed by atoms with van der Waals surface area (Å²) in [5.41, 5.74) is 1.17. The first-order valence-corrected chi connectivity index (χ1v) is 9.12. The van der Waals surface area contributed by atoms with E-state index in [1.165, 1.54) is 10.6 Å². The predicted octanol–water partition coefficient (Wildman–Crippen LogP) is 3.53. The third-order valence-electron chi connectivity index (χ3n) is 3.23. The summed E-state index contributed by atoms with van der Waals surface area (Å²) in [6, 6.07) is 1.09. The number of rotatable bonds is 8. The molecule has 3 nitrogen and oxygen atoms in total. The van der Waals surface area contributed by atoms with Gasteiger partial charge in [-0.15, -0.1) is 11.3 Å². The van der Waals surface area contributed by atoms with Gasteiger partial charge in [0.2, 0.25) is 0 Å². The summed E-state index contributed by atoms with van der Waals surface area (Å²) in [6.45, 7) is 9.64. The zero-order chi connectivity index (χ0) is 14.4. The van der Waals surface area contributed by atoms with Crippen LogP contribution < -0.4 is 10.2 Å². The average Bonchev–Trinajstić information content (AvgIpc) is 2.74. The van der Waals surface area contributed by atoms with E-state index in [1.807, 2.05) is 23.1 Å². The van der Waals surface area contributed by atoms with Crippen molar-refractivity contribution in [2.24, 2.45) is 0 Å². The second-order valence-corrected chi connectivity index (χ2v) is 7.14. The lowest BCUT2D eigenvalue weighted by molar-refractivity contribution is 0.591. The van der Waals surface area contributed by atoms with Crippen LogP contribution >= 0.6 is 23.1 Å². The van der Waals surface area contributed by atoms with Crippen LogP contribution in [0.5, 0.6) is 0 Å². The van der Waals surface area contributed by atoms with Gasteiger partial charge in [0.25, 0.3) is 0 Å². The molecular weight excluding hydrogens is 274 g/mol. The second kappa shape index (κ2) is 8.12. The van der Waals surface area contributed by atoms with Gasteiger partial charge >= 0.3 is 0 Å². The molecular formula is C14H27N3S2. The zero-order valence-corrected chi connectivity index (χ0v) is 14.6.